The summed E-state index contributed by atoms with van der Waals surface area (Å²) in [7, 11) is -3.82. The summed E-state index contributed by atoms with van der Waals surface area (Å²) in [5.41, 5.74) is 2.43. The number of ether oxygens (including phenoxy) is 1. The van der Waals surface area contributed by atoms with Crippen LogP contribution in [0.1, 0.15) is 44.0 Å². The average molecular weight is 587 g/mol. The van der Waals surface area contributed by atoms with Gasteiger partial charge in [0.2, 0.25) is 14.2 Å². The molecule has 1 saturated heterocycles. The molecule has 1 atom stereocenters. The Morgan fingerprint density at radius 1 is 1.20 bits per heavy atom. The molecule has 2 fully saturated rings. The van der Waals surface area contributed by atoms with Crippen LogP contribution in [0, 0.1) is 6.92 Å². The Morgan fingerprint density at radius 2 is 1.95 bits per heavy atom. The van der Waals surface area contributed by atoms with Crippen molar-refractivity contribution in [2.24, 2.45) is 0 Å². The standard InChI is InChI=1S/C27H34N6O5S2/c1-18-17-39-26(29-18)40(36,37)27(9-3-4-10-27)22-15-23(33-12-14-38-16-19(33)2)32-24(31-22)20-5-7-21(8-6-20)30-25(35)28-11-13-34/h5-8,15,17,19,34H,3-4,9-14,16H2,1-2H3,(H2,28,30,35)/t19-/m0/s1. The van der Waals surface area contributed by atoms with Gasteiger partial charge in [0.25, 0.3) is 0 Å². The molecule has 0 bridgehead atoms. The van der Waals surface area contributed by atoms with Crippen molar-refractivity contribution in [1.82, 2.24) is 20.3 Å². The number of benzene rings is 1. The van der Waals surface area contributed by atoms with Gasteiger partial charge in [0, 0.05) is 41.5 Å². The van der Waals surface area contributed by atoms with Gasteiger partial charge in [0.05, 0.1) is 31.6 Å². The number of hydrogen-bond acceptors (Lipinski definition) is 10. The van der Waals surface area contributed by atoms with Crippen molar-refractivity contribution in [2.45, 2.75) is 54.7 Å². The third-order valence-corrected chi connectivity index (χ3v) is 11.3. The Morgan fingerprint density at radius 3 is 2.60 bits per heavy atom. The van der Waals surface area contributed by atoms with E-state index in [2.05, 4.69) is 27.4 Å². The van der Waals surface area contributed by atoms with Crippen LogP contribution < -0.4 is 15.5 Å². The largest absolute Gasteiger partial charge is 0.395 e. The van der Waals surface area contributed by atoms with Crippen LogP contribution in [-0.2, 0) is 19.3 Å². The number of anilines is 2. The minimum Gasteiger partial charge on any atom is -0.395 e. The van der Waals surface area contributed by atoms with Gasteiger partial charge in [-0.25, -0.2) is 28.2 Å². The molecule has 5 rings (SSSR count). The highest BCUT2D eigenvalue weighted by atomic mass is 32.2. The quantitative estimate of drug-likeness (QED) is 0.361. The van der Waals surface area contributed by atoms with Crippen LogP contribution >= 0.6 is 11.3 Å². The summed E-state index contributed by atoms with van der Waals surface area (Å²) in [4.78, 5) is 28.3. The van der Waals surface area contributed by atoms with Crippen molar-refractivity contribution in [1.29, 1.82) is 0 Å². The molecule has 13 heteroatoms. The normalized spacial score (nSPS) is 19.0. The average Bonchev–Trinajstić information content (AvgIpc) is 3.63. The van der Waals surface area contributed by atoms with E-state index in [4.69, 9.17) is 19.8 Å². The second-order valence-electron chi connectivity index (χ2n) is 10.2. The van der Waals surface area contributed by atoms with E-state index < -0.39 is 20.6 Å². The molecule has 3 heterocycles. The highest BCUT2D eigenvalue weighted by Crippen LogP contribution is 2.49. The van der Waals surface area contributed by atoms with Crippen molar-refractivity contribution < 1.29 is 23.1 Å². The van der Waals surface area contributed by atoms with Gasteiger partial charge in [-0.3, -0.25) is 0 Å². The fourth-order valence-electron chi connectivity index (χ4n) is 5.29. The van der Waals surface area contributed by atoms with Gasteiger partial charge >= 0.3 is 6.03 Å². The molecular formula is C27H34N6O5S2. The molecule has 0 spiro atoms. The Kier molecular flexibility index (Phi) is 8.36. The molecule has 2 amide bonds. The molecule has 11 nitrogen and oxygen atoms in total. The molecule has 1 saturated carbocycles. The van der Waals surface area contributed by atoms with Gasteiger partial charge in [0.15, 0.2) is 5.82 Å². The number of aliphatic hydroxyl groups excluding tert-OH is 1. The van der Waals surface area contributed by atoms with Gasteiger partial charge in [0.1, 0.15) is 10.6 Å². The first-order valence-corrected chi connectivity index (χ1v) is 15.8. The number of sulfone groups is 1. The summed E-state index contributed by atoms with van der Waals surface area (Å²) in [6, 6.07) is 8.56. The molecule has 214 valence electrons. The number of amides is 2. The zero-order valence-electron chi connectivity index (χ0n) is 22.6. The SMILES string of the molecule is Cc1csc(S(=O)(=O)C2(c3cc(N4CCOC[C@@H]4C)nc(-c4ccc(NC(=O)NCCO)cc4)n3)CCCC2)n1. The first kappa shape index (κ1) is 28.4. The van der Waals surface area contributed by atoms with Crippen LogP contribution in [0.25, 0.3) is 11.4 Å². The predicted octanol–water partition coefficient (Wildman–Crippen LogP) is 3.49. The van der Waals surface area contributed by atoms with E-state index in [1.54, 1.807) is 36.6 Å². The maximum atomic E-state index is 14.2. The van der Waals surface area contributed by atoms with Crippen LogP contribution in [0.5, 0.6) is 0 Å². The second kappa shape index (κ2) is 11.8. The number of aromatic nitrogens is 3. The van der Waals surface area contributed by atoms with Crippen LogP contribution in [-0.4, -0.2) is 73.5 Å². The van der Waals surface area contributed by atoms with Crippen molar-refractivity contribution in [3.63, 3.8) is 0 Å². The van der Waals surface area contributed by atoms with Gasteiger partial charge < -0.3 is 25.4 Å². The second-order valence-corrected chi connectivity index (χ2v) is 13.5. The molecule has 3 aromatic rings. The number of carbonyl (C=O) groups is 1. The Hall–Kier alpha value is -3.13. The molecule has 3 N–H and O–H groups in total. The lowest BCUT2D eigenvalue weighted by atomic mass is 10.0. The van der Waals surface area contributed by atoms with Crippen molar-refractivity contribution >= 4 is 38.7 Å². The summed E-state index contributed by atoms with van der Waals surface area (Å²) < 4.78 is 32.9. The fraction of sp³-hybridized carbons (Fsp3) is 0.481. The third kappa shape index (κ3) is 5.55. The zero-order chi connectivity index (χ0) is 28.3. The molecule has 1 aromatic carbocycles. The molecule has 2 aromatic heterocycles. The van der Waals surface area contributed by atoms with E-state index in [-0.39, 0.29) is 23.5 Å². The number of urea groups is 1. The number of nitrogens with zero attached hydrogens (tertiary/aromatic N) is 4. The molecule has 0 radical (unpaired) electrons. The summed E-state index contributed by atoms with van der Waals surface area (Å²) in [5, 5.41) is 15.9. The third-order valence-electron chi connectivity index (χ3n) is 7.39. The predicted molar refractivity (Wildman–Crippen MR) is 153 cm³/mol. The van der Waals surface area contributed by atoms with Crippen LogP contribution in [0.2, 0.25) is 0 Å². The van der Waals surface area contributed by atoms with E-state index in [1.165, 1.54) is 0 Å². The summed E-state index contributed by atoms with van der Waals surface area (Å²) in [6.45, 7) is 5.60. The summed E-state index contributed by atoms with van der Waals surface area (Å²) in [5.74, 6) is 1.08. The van der Waals surface area contributed by atoms with Crippen molar-refractivity contribution in [3.05, 3.63) is 47.1 Å². The number of carbonyl (C=O) groups excluding carboxylic acids is 1. The lowest BCUT2D eigenvalue weighted by molar-refractivity contribution is 0.0985. The van der Waals surface area contributed by atoms with E-state index in [0.29, 0.717) is 66.9 Å². The zero-order valence-corrected chi connectivity index (χ0v) is 24.2. The first-order chi connectivity index (χ1) is 19.2. The topological polar surface area (TPSA) is 147 Å². The maximum Gasteiger partial charge on any atom is 0.319 e. The van der Waals surface area contributed by atoms with Gasteiger partial charge in [-0.05, 0) is 51.0 Å². The van der Waals surface area contributed by atoms with Crippen LogP contribution in [0.3, 0.4) is 0 Å². The van der Waals surface area contributed by atoms with E-state index in [1.807, 2.05) is 6.07 Å². The highest BCUT2D eigenvalue weighted by Gasteiger charge is 2.51. The van der Waals surface area contributed by atoms with E-state index in [0.717, 1.165) is 24.2 Å². The summed E-state index contributed by atoms with van der Waals surface area (Å²) in [6.07, 6.45) is 2.50. The number of rotatable bonds is 8. The molecule has 1 aliphatic heterocycles. The lowest BCUT2D eigenvalue weighted by Gasteiger charge is -2.35. The number of thiazole rings is 1. The molecule has 40 heavy (non-hydrogen) atoms. The van der Waals surface area contributed by atoms with Crippen molar-refractivity contribution in [2.75, 3.05) is 43.1 Å². The molecular weight excluding hydrogens is 552 g/mol. The Bertz CT molecular complexity index is 1450. The van der Waals surface area contributed by atoms with E-state index >= 15 is 0 Å². The van der Waals surface area contributed by atoms with Crippen molar-refractivity contribution in [3.8, 4) is 11.4 Å². The molecule has 0 unspecified atom stereocenters. The number of aliphatic hydroxyl groups is 1. The van der Waals surface area contributed by atoms with Crippen LogP contribution in [0.4, 0.5) is 16.3 Å². The summed E-state index contributed by atoms with van der Waals surface area (Å²) >= 11 is 1.16. The Labute approximate surface area is 237 Å². The van der Waals surface area contributed by atoms with E-state index in [9.17, 15) is 13.2 Å². The first-order valence-electron chi connectivity index (χ1n) is 13.4. The number of morpholine rings is 1. The molecule has 1 aliphatic carbocycles. The minimum absolute atomic E-state index is 0.0612. The van der Waals surface area contributed by atoms with Gasteiger partial charge in [-0.1, -0.05) is 12.8 Å². The smallest absolute Gasteiger partial charge is 0.319 e. The lowest BCUT2D eigenvalue weighted by Crippen LogP contribution is -2.44. The number of aryl methyl sites for hydroxylation is 1. The minimum atomic E-state index is -3.82. The monoisotopic (exact) mass is 586 g/mol. The fourth-order valence-corrected chi connectivity index (χ4v) is 8.75. The molecule has 2 aliphatic rings. The highest BCUT2D eigenvalue weighted by molar-refractivity contribution is 7.94. The number of hydrogen-bond donors (Lipinski definition) is 3. The van der Waals surface area contributed by atoms with Crippen LogP contribution in [0.15, 0.2) is 40.1 Å². The maximum absolute atomic E-state index is 14.2. The van der Waals surface area contributed by atoms with Gasteiger partial charge in [-0.2, -0.15) is 0 Å². The van der Waals surface area contributed by atoms with Gasteiger partial charge in [-0.15, -0.1) is 11.3 Å². The Balaban J connectivity index is 1.58. The number of nitrogens with one attached hydrogen (secondary N) is 2.